The predicted octanol–water partition coefficient (Wildman–Crippen LogP) is 4.04. The maximum Gasteiger partial charge on any atom is 0.408 e. The molecule has 144 valence electrons. The van der Waals surface area contributed by atoms with Gasteiger partial charge in [-0.2, -0.15) is 0 Å². The molecule has 0 aliphatic heterocycles. The molecule has 2 aromatic rings. The maximum absolute atomic E-state index is 13.8. The minimum absolute atomic E-state index is 0.175. The first-order chi connectivity index (χ1) is 12.6. The van der Waals surface area contributed by atoms with Crippen LogP contribution >= 0.6 is 0 Å². The molecular formula is C20H22F2N2O3. The van der Waals surface area contributed by atoms with Crippen LogP contribution in [0.3, 0.4) is 0 Å². The highest BCUT2D eigenvalue weighted by Crippen LogP contribution is 2.16. The van der Waals surface area contributed by atoms with Crippen molar-refractivity contribution in [3.63, 3.8) is 0 Å². The number of halogens is 2. The standard InChI is InChI=1S/C20H22F2N2O3/c1-20(2,3)27-19(26)24-17(11-13-7-5-4-6-8-13)18(25)23-16-10-9-14(21)12-15(16)22/h4-10,12,17H,11H2,1-3H3,(H,23,25)(H,24,26)/t17-/m0/s1. The summed E-state index contributed by atoms with van der Waals surface area (Å²) in [6.07, 6.45) is -0.590. The average Bonchev–Trinajstić information content (AvgIpc) is 2.56. The number of ether oxygens (including phenoxy) is 1. The molecule has 0 aromatic heterocycles. The molecule has 0 saturated heterocycles. The van der Waals surface area contributed by atoms with Crippen LogP contribution in [0.4, 0.5) is 19.3 Å². The molecule has 2 aromatic carbocycles. The van der Waals surface area contributed by atoms with Crippen LogP contribution in [0, 0.1) is 11.6 Å². The fourth-order valence-corrected chi connectivity index (χ4v) is 2.32. The summed E-state index contributed by atoms with van der Waals surface area (Å²) < 4.78 is 32.0. The Morgan fingerprint density at radius 1 is 1.07 bits per heavy atom. The minimum atomic E-state index is -1.01. The van der Waals surface area contributed by atoms with Gasteiger partial charge in [-0.15, -0.1) is 0 Å². The number of amides is 2. The Bertz CT molecular complexity index is 805. The van der Waals surface area contributed by atoms with Crippen LogP contribution in [0.2, 0.25) is 0 Å². The summed E-state index contributed by atoms with van der Waals surface area (Å²) in [7, 11) is 0. The van der Waals surface area contributed by atoms with Gasteiger partial charge < -0.3 is 15.4 Å². The van der Waals surface area contributed by atoms with Gasteiger partial charge in [-0.25, -0.2) is 13.6 Å². The van der Waals surface area contributed by atoms with E-state index in [-0.39, 0.29) is 12.1 Å². The van der Waals surface area contributed by atoms with Crippen molar-refractivity contribution in [1.29, 1.82) is 0 Å². The number of alkyl carbamates (subject to hydrolysis) is 1. The van der Waals surface area contributed by atoms with Gasteiger partial charge in [0.05, 0.1) is 5.69 Å². The Morgan fingerprint density at radius 3 is 2.33 bits per heavy atom. The second-order valence-corrected chi connectivity index (χ2v) is 7.00. The largest absolute Gasteiger partial charge is 0.444 e. The molecule has 0 saturated carbocycles. The van der Waals surface area contributed by atoms with Crippen molar-refractivity contribution in [1.82, 2.24) is 5.32 Å². The first kappa shape index (κ1) is 20.4. The van der Waals surface area contributed by atoms with Crippen molar-refractivity contribution in [2.45, 2.75) is 38.8 Å². The maximum atomic E-state index is 13.8. The predicted molar refractivity (Wildman–Crippen MR) is 98.3 cm³/mol. The number of hydrogen-bond acceptors (Lipinski definition) is 3. The average molecular weight is 376 g/mol. The summed E-state index contributed by atoms with van der Waals surface area (Å²) in [5.41, 5.74) is -0.111. The molecule has 0 radical (unpaired) electrons. The van der Waals surface area contributed by atoms with Gasteiger partial charge >= 0.3 is 6.09 Å². The third kappa shape index (κ3) is 6.69. The van der Waals surface area contributed by atoms with Crippen LogP contribution in [0.1, 0.15) is 26.3 Å². The molecule has 0 bridgehead atoms. The molecule has 27 heavy (non-hydrogen) atoms. The van der Waals surface area contributed by atoms with Crippen LogP contribution in [0.5, 0.6) is 0 Å². The summed E-state index contributed by atoms with van der Waals surface area (Å²) in [6.45, 7) is 5.10. The van der Waals surface area contributed by atoms with Gasteiger partial charge in [-0.1, -0.05) is 30.3 Å². The van der Waals surface area contributed by atoms with Crippen LogP contribution < -0.4 is 10.6 Å². The molecule has 5 nitrogen and oxygen atoms in total. The first-order valence-corrected chi connectivity index (χ1v) is 8.43. The summed E-state index contributed by atoms with van der Waals surface area (Å²) in [6, 6.07) is 10.9. The van der Waals surface area contributed by atoms with Crippen LogP contribution in [-0.2, 0) is 16.0 Å². The quantitative estimate of drug-likeness (QED) is 0.828. The summed E-state index contributed by atoms with van der Waals surface area (Å²) in [5, 5.41) is 4.88. The SMILES string of the molecule is CC(C)(C)OC(=O)N[C@@H](Cc1ccccc1)C(=O)Nc1ccc(F)cc1F. The number of anilines is 1. The molecule has 1 atom stereocenters. The topological polar surface area (TPSA) is 67.4 Å². The van der Waals surface area contributed by atoms with Crippen molar-refractivity contribution in [2.75, 3.05) is 5.32 Å². The highest BCUT2D eigenvalue weighted by atomic mass is 19.1. The van der Waals surface area contributed by atoms with E-state index >= 15 is 0 Å². The molecule has 0 unspecified atom stereocenters. The normalized spacial score (nSPS) is 12.2. The zero-order valence-electron chi connectivity index (χ0n) is 15.4. The molecule has 0 fully saturated rings. The smallest absolute Gasteiger partial charge is 0.408 e. The van der Waals surface area contributed by atoms with Crippen molar-refractivity contribution in [3.8, 4) is 0 Å². The Labute approximate surface area is 156 Å². The Kier molecular flexibility index (Phi) is 6.50. The van der Waals surface area contributed by atoms with Crippen LogP contribution in [0.25, 0.3) is 0 Å². The number of benzene rings is 2. The minimum Gasteiger partial charge on any atom is -0.444 e. The fourth-order valence-electron chi connectivity index (χ4n) is 2.32. The zero-order chi connectivity index (χ0) is 20.0. The van der Waals surface area contributed by atoms with Crippen molar-refractivity contribution < 1.29 is 23.1 Å². The van der Waals surface area contributed by atoms with Crippen LogP contribution in [0.15, 0.2) is 48.5 Å². The van der Waals surface area contributed by atoms with E-state index in [1.54, 1.807) is 45.0 Å². The molecular weight excluding hydrogens is 354 g/mol. The molecule has 0 spiro atoms. The first-order valence-electron chi connectivity index (χ1n) is 8.43. The number of nitrogens with one attached hydrogen (secondary N) is 2. The second kappa shape index (κ2) is 8.62. The number of carbonyl (C=O) groups is 2. The third-order valence-electron chi connectivity index (χ3n) is 3.48. The monoisotopic (exact) mass is 376 g/mol. The van der Waals surface area contributed by atoms with E-state index in [0.717, 1.165) is 17.7 Å². The number of hydrogen-bond donors (Lipinski definition) is 2. The van der Waals surface area contributed by atoms with E-state index < -0.39 is 35.3 Å². The lowest BCUT2D eigenvalue weighted by atomic mass is 10.1. The Balaban J connectivity index is 2.16. The Morgan fingerprint density at radius 2 is 1.74 bits per heavy atom. The van der Waals surface area contributed by atoms with Gasteiger partial charge in [0.25, 0.3) is 0 Å². The van der Waals surface area contributed by atoms with E-state index in [1.807, 2.05) is 6.07 Å². The third-order valence-corrected chi connectivity index (χ3v) is 3.48. The summed E-state index contributed by atoms with van der Waals surface area (Å²) in [4.78, 5) is 24.7. The molecule has 0 aliphatic rings. The van der Waals surface area contributed by atoms with Crippen molar-refractivity contribution in [2.24, 2.45) is 0 Å². The van der Waals surface area contributed by atoms with Gasteiger partial charge in [0.15, 0.2) is 0 Å². The molecule has 2 rings (SSSR count). The number of carbonyl (C=O) groups excluding carboxylic acids is 2. The van der Waals surface area contributed by atoms with E-state index in [9.17, 15) is 18.4 Å². The molecule has 2 N–H and O–H groups in total. The molecule has 2 amide bonds. The van der Waals surface area contributed by atoms with Crippen LogP contribution in [-0.4, -0.2) is 23.6 Å². The van der Waals surface area contributed by atoms with Crippen molar-refractivity contribution in [3.05, 3.63) is 65.7 Å². The summed E-state index contributed by atoms with van der Waals surface area (Å²) in [5.74, 6) is -2.30. The van der Waals surface area contributed by atoms with E-state index in [4.69, 9.17) is 4.74 Å². The lowest BCUT2D eigenvalue weighted by molar-refractivity contribution is -0.118. The van der Waals surface area contributed by atoms with Gasteiger partial charge in [0.1, 0.15) is 23.3 Å². The highest BCUT2D eigenvalue weighted by molar-refractivity contribution is 5.96. The lowest BCUT2D eigenvalue weighted by Crippen LogP contribution is -2.47. The summed E-state index contributed by atoms with van der Waals surface area (Å²) >= 11 is 0. The van der Waals surface area contributed by atoms with Crippen molar-refractivity contribution >= 4 is 17.7 Å². The highest BCUT2D eigenvalue weighted by Gasteiger charge is 2.25. The second-order valence-electron chi connectivity index (χ2n) is 7.00. The van der Waals surface area contributed by atoms with E-state index in [0.29, 0.717) is 6.07 Å². The van der Waals surface area contributed by atoms with Gasteiger partial charge in [0.2, 0.25) is 5.91 Å². The molecule has 0 aliphatic carbocycles. The fraction of sp³-hybridized carbons (Fsp3) is 0.300. The Hall–Kier alpha value is -2.96. The molecule has 7 heteroatoms. The van der Waals surface area contributed by atoms with Gasteiger partial charge in [-0.05, 0) is 38.5 Å². The van der Waals surface area contributed by atoms with E-state index in [2.05, 4.69) is 10.6 Å². The number of rotatable bonds is 5. The van der Waals surface area contributed by atoms with Gasteiger partial charge in [-0.3, -0.25) is 4.79 Å². The molecule has 0 heterocycles. The lowest BCUT2D eigenvalue weighted by Gasteiger charge is -2.23. The zero-order valence-corrected chi connectivity index (χ0v) is 15.4. The van der Waals surface area contributed by atoms with E-state index in [1.165, 1.54) is 0 Å². The van der Waals surface area contributed by atoms with Gasteiger partial charge in [0, 0.05) is 12.5 Å².